The molecule has 0 aliphatic heterocycles. The Morgan fingerprint density at radius 1 is 0.976 bits per heavy atom. The molecule has 0 aliphatic rings. The van der Waals surface area contributed by atoms with Gasteiger partial charge in [0.2, 0.25) is 0 Å². The average molecular weight is 583 g/mol. The predicted molar refractivity (Wildman–Crippen MR) is 158 cm³/mol. The molecule has 1 amide bonds. The molecule has 5 rings (SSSR count). The standard InChI is InChI=1S/C31H20Cl2N4O4/c1-40-26-14-18(10-13-25(26)41-31(39)22-12-11-21(32)15-24(22)33)17-35-37-30(38)29-27(19-6-3-2-4-7-19)23-9-5-8-20(16-34)28(23)36-29/h2-15,17,36H,1H3,(H,37,38). The predicted octanol–water partition coefficient (Wildman–Crippen LogP) is 7.01. The first-order valence-electron chi connectivity index (χ1n) is 12.2. The Morgan fingerprint density at radius 2 is 1.78 bits per heavy atom. The number of nitrogens with one attached hydrogen (secondary N) is 2. The van der Waals surface area contributed by atoms with Crippen LogP contribution in [0.4, 0.5) is 0 Å². The second-order valence-corrected chi connectivity index (χ2v) is 9.55. The summed E-state index contributed by atoms with van der Waals surface area (Å²) in [4.78, 5) is 29.0. The Balaban J connectivity index is 1.37. The molecular weight excluding hydrogens is 563 g/mol. The maximum absolute atomic E-state index is 13.2. The van der Waals surface area contributed by atoms with Gasteiger partial charge in [-0.25, -0.2) is 10.2 Å². The van der Waals surface area contributed by atoms with Crippen LogP contribution in [0.3, 0.4) is 0 Å². The quantitative estimate of drug-likeness (QED) is 0.0926. The van der Waals surface area contributed by atoms with E-state index in [0.29, 0.717) is 27.2 Å². The third-order valence-electron chi connectivity index (χ3n) is 6.16. The molecule has 202 valence electrons. The zero-order valence-electron chi connectivity index (χ0n) is 21.4. The summed E-state index contributed by atoms with van der Waals surface area (Å²) in [6, 6.07) is 26.1. The first-order chi connectivity index (χ1) is 19.9. The minimum absolute atomic E-state index is 0.153. The van der Waals surface area contributed by atoms with Crippen LogP contribution in [0.5, 0.6) is 11.5 Å². The summed E-state index contributed by atoms with van der Waals surface area (Å²) in [6.45, 7) is 0. The molecule has 0 bridgehead atoms. The SMILES string of the molecule is COc1cc(C=NNC(=O)c2[nH]c3c(C#N)cccc3c2-c2ccccc2)ccc1OC(=O)c1ccc(Cl)cc1Cl. The summed E-state index contributed by atoms with van der Waals surface area (Å²) in [5.74, 6) is -0.725. The van der Waals surface area contributed by atoms with E-state index in [9.17, 15) is 14.9 Å². The number of nitriles is 1. The number of aromatic nitrogens is 1. The van der Waals surface area contributed by atoms with E-state index in [2.05, 4.69) is 21.6 Å². The zero-order valence-corrected chi connectivity index (χ0v) is 23.0. The van der Waals surface area contributed by atoms with Gasteiger partial charge in [0.15, 0.2) is 11.5 Å². The van der Waals surface area contributed by atoms with E-state index in [0.717, 1.165) is 10.9 Å². The van der Waals surface area contributed by atoms with Crippen molar-refractivity contribution in [3.8, 4) is 28.7 Å². The fourth-order valence-electron chi connectivity index (χ4n) is 4.27. The Kier molecular flexibility index (Phi) is 8.01. The molecular formula is C31H20Cl2N4O4. The van der Waals surface area contributed by atoms with Crippen molar-refractivity contribution in [2.45, 2.75) is 0 Å². The van der Waals surface area contributed by atoms with Crippen LogP contribution in [0.2, 0.25) is 10.0 Å². The summed E-state index contributed by atoms with van der Waals surface area (Å²) >= 11 is 12.0. The van der Waals surface area contributed by atoms with Gasteiger partial charge in [0, 0.05) is 16.0 Å². The van der Waals surface area contributed by atoms with Crippen LogP contribution in [-0.4, -0.2) is 30.2 Å². The van der Waals surface area contributed by atoms with E-state index in [1.54, 1.807) is 30.3 Å². The summed E-state index contributed by atoms with van der Waals surface area (Å²) in [6.07, 6.45) is 1.42. The van der Waals surface area contributed by atoms with Crippen molar-refractivity contribution in [1.82, 2.24) is 10.4 Å². The third kappa shape index (κ3) is 5.77. The van der Waals surface area contributed by atoms with Crippen LogP contribution in [0.25, 0.3) is 22.0 Å². The molecule has 5 aromatic rings. The Hall–Kier alpha value is -5.10. The van der Waals surface area contributed by atoms with E-state index >= 15 is 0 Å². The molecule has 2 N–H and O–H groups in total. The molecule has 8 nitrogen and oxygen atoms in total. The number of H-pyrrole nitrogens is 1. The topological polar surface area (TPSA) is 117 Å². The monoisotopic (exact) mass is 582 g/mol. The molecule has 0 aliphatic carbocycles. The maximum Gasteiger partial charge on any atom is 0.345 e. The van der Waals surface area contributed by atoms with Crippen molar-refractivity contribution in [3.05, 3.63) is 117 Å². The number of benzene rings is 4. The molecule has 0 unspecified atom stereocenters. The first kappa shape index (κ1) is 27.5. The van der Waals surface area contributed by atoms with E-state index < -0.39 is 11.9 Å². The van der Waals surface area contributed by atoms with Gasteiger partial charge >= 0.3 is 5.97 Å². The van der Waals surface area contributed by atoms with Crippen LogP contribution in [-0.2, 0) is 0 Å². The molecule has 1 heterocycles. The highest BCUT2D eigenvalue weighted by atomic mass is 35.5. The van der Waals surface area contributed by atoms with Crippen molar-refractivity contribution >= 4 is 52.2 Å². The second-order valence-electron chi connectivity index (χ2n) is 8.70. The second kappa shape index (κ2) is 12.0. The summed E-state index contributed by atoms with van der Waals surface area (Å²) in [7, 11) is 1.43. The largest absolute Gasteiger partial charge is 0.493 e. The Morgan fingerprint density at radius 3 is 2.51 bits per heavy atom. The highest BCUT2D eigenvalue weighted by Crippen LogP contribution is 2.34. The molecule has 41 heavy (non-hydrogen) atoms. The lowest BCUT2D eigenvalue weighted by Crippen LogP contribution is -2.18. The van der Waals surface area contributed by atoms with Gasteiger partial charge in [0.05, 0.1) is 35.0 Å². The van der Waals surface area contributed by atoms with E-state index in [-0.39, 0.29) is 27.8 Å². The molecule has 0 atom stereocenters. The normalized spacial score (nSPS) is 10.9. The van der Waals surface area contributed by atoms with Crippen LogP contribution >= 0.6 is 23.2 Å². The maximum atomic E-state index is 13.2. The van der Waals surface area contributed by atoms with Crippen LogP contribution in [0.15, 0.2) is 90.0 Å². The minimum Gasteiger partial charge on any atom is -0.493 e. The highest BCUT2D eigenvalue weighted by Gasteiger charge is 2.21. The van der Waals surface area contributed by atoms with Crippen molar-refractivity contribution < 1.29 is 19.1 Å². The zero-order chi connectivity index (χ0) is 28.9. The number of para-hydroxylation sites is 1. The molecule has 0 fully saturated rings. The van der Waals surface area contributed by atoms with E-state index in [1.807, 2.05) is 36.4 Å². The van der Waals surface area contributed by atoms with Crippen molar-refractivity contribution in [3.63, 3.8) is 0 Å². The number of fused-ring (bicyclic) bond motifs is 1. The fourth-order valence-corrected chi connectivity index (χ4v) is 4.75. The number of hydrogen-bond acceptors (Lipinski definition) is 6. The van der Waals surface area contributed by atoms with Gasteiger partial charge in [0.25, 0.3) is 5.91 Å². The van der Waals surface area contributed by atoms with Crippen LogP contribution in [0, 0.1) is 11.3 Å². The van der Waals surface area contributed by atoms with Gasteiger partial charge in [0.1, 0.15) is 11.8 Å². The van der Waals surface area contributed by atoms with Crippen molar-refractivity contribution in [2.24, 2.45) is 5.10 Å². The number of amides is 1. The number of esters is 1. The number of halogens is 2. The number of rotatable bonds is 7. The molecule has 0 saturated carbocycles. The first-order valence-corrected chi connectivity index (χ1v) is 12.9. The lowest BCUT2D eigenvalue weighted by atomic mass is 10.0. The number of methoxy groups -OCH3 is 1. The van der Waals surface area contributed by atoms with Crippen LogP contribution < -0.4 is 14.9 Å². The molecule has 0 spiro atoms. The lowest BCUT2D eigenvalue weighted by molar-refractivity contribution is 0.0729. The van der Waals surface area contributed by atoms with E-state index in [4.69, 9.17) is 32.7 Å². The summed E-state index contributed by atoms with van der Waals surface area (Å²) in [5.41, 5.74) is 6.00. The van der Waals surface area contributed by atoms with Crippen LogP contribution in [0.1, 0.15) is 32.0 Å². The molecule has 0 radical (unpaired) electrons. The summed E-state index contributed by atoms with van der Waals surface area (Å²) < 4.78 is 10.8. The Bertz CT molecular complexity index is 1860. The highest BCUT2D eigenvalue weighted by molar-refractivity contribution is 6.36. The number of ether oxygens (including phenoxy) is 2. The molecule has 4 aromatic carbocycles. The number of carbonyl (C=O) groups is 2. The number of nitrogens with zero attached hydrogens (tertiary/aromatic N) is 2. The molecule has 10 heteroatoms. The number of carbonyl (C=O) groups excluding carboxylic acids is 2. The van der Waals surface area contributed by atoms with Gasteiger partial charge in [-0.1, -0.05) is 65.7 Å². The minimum atomic E-state index is -0.675. The van der Waals surface area contributed by atoms with Gasteiger partial charge in [-0.15, -0.1) is 0 Å². The average Bonchev–Trinajstić information content (AvgIpc) is 3.38. The van der Waals surface area contributed by atoms with Crippen molar-refractivity contribution in [2.75, 3.05) is 7.11 Å². The third-order valence-corrected chi connectivity index (χ3v) is 6.71. The summed E-state index contributed by atoms with van der Waals surface area (Å²) in [5, 5.41) is 15.0. The smallest absolute Gasteiger partial charge is 0.345 e. The van der Waals surface area contributed by atoms with Gasteiger partial charge in [-0.05, 0) is 53.6 Å². The van der Waals surface area contributed by atoms with Gasteiger partial charge < -0.3 is 14.5 Å². The molecule has 0 saturated heterocycles. The van der Waals surface area contributed by atoms with E-state index in [1.165, 1.54) is 31.5 Å². The lowest BCUT2D eigenvalue weighted by Gasteiger charge is -2.10. The van der Waals surface area contributed by atoms with Gasteiger partial charge in [-0.2, -0.15) is 10.4 Å². The fraction of sp³-hybridized carbons (Fsp3) is 0.0323. The molecule has 1 aromatic heterocycles. The van der Waals surface area contributed by atoms with Crippen molar-refractivity contribution in [1.29, 1.82) is 5.26 Å². The Labute approximate surface area is 244 Å². The van der Waals surface area contributed by atoms with Gasteiger partial charge in [-0.3, -0.25) is 4.79 Å². The number of hydrogen-bond donors (Lipinski definition) is 2. The number of hydrazone groups is 1. The number of aromatic amines is 1.